The van der Waals surface area contributed by atoms with Gasteiger partial charge in [-0.15, -0.1) is 0 Å². The van der Waals surface area contributed by atoms with Gasteiger partial charge in [0.2, 0.25) is 0 Å². The van der Waals surface area contributed by atoms with E-state index in [-0.39, 0.29) is 23.7 Å². The molecule has 0 saturated heterocycles. The van der Waals surface area contributed by atoms with Crippen LogP contribution in [0.15, 0.2) is 36.7 Å². The van der Waals surface area contributed by atoms with Gasteiger partial charge in [0.15, 0.2) is 11.6 Å². The van der Waals surface area contributed by atoms with Crippen LogP contribution in [0.3, 0.4) is 0 Å². The Bertz CT molecular complexity index is 1270. The third-order valence-electron chi connectivity index (χ3n) is 5.10. The van der Waals surface area contributed by atoms with Crippen molar-refractivity contribution in [3.8, 4) is 28.8 Å². The van der Waals surface area contributed by atoms with Gasteiger partial charge in [0, 0.05) is 30.1 Å². The topological polar surface area (TPSA) is 111 Å². The summed E-state index contributed by atoms with van der Waals surface area (Å²) in [6, 6.07) is 3.96. The van der Waals surface area contributed by atoms with Crippen LogP contribution in [0.2, 0.25) is 0 Å². The van der Waals surface area contributed by atoms with Gasteiger partial charge < -0.3 is 29.7 Å². The maximum atomic E-state index is 13.4. The number of amides is 2. The molecular weight excluding hydrogens is 505 g/mol. The Morgan fingerprint density at radius 1 is 1.05 bits per heavy atom. The Balaban J connectivity index is 1.76. The van der Waals surface area contributed by atoms with Crippen molar-refractivity contribution in [2.45, 2.75) is 20.0 Å². The summed E-state index contributed by atoms with van der Waals surface area (Å²) in [7, 11) is 5.11. The lowest BCUT2D eigenvalue weighted by atomic mass is 10.2. The van der Waals surface area contributed by atoms with Crippen molar-refractivity contribution in [2.24, 2.45) is 0 Å². The van der Waals surface area contributed by atoms with Gasteiger partial charge >= 0.3 is 12.2 Å². The number of carbonyl (C=O) groups is 1. The molecule has 3 rings (SSSR count). The first-order chi connectivity index (χ1) is 18.0. The molecule has 0 spiro atoms. The summed E-state index contributed by atoms with van der Waals surface area (Å²) in [6.45, 7) is 4.58. The first-order valence-corrected chi connectivity index (χ1v) is 11.6. The summed E-state index contributed by atoms with van der Waals surface area (Å²) in [5.41, 5.74) is 0.237. The Morgan fingerprint density at radius 2 is 1.82 bits per heavy atom. The summed E-state index contributed by atoms with van der Waals surface area (Å²) in [5.74, 6) is 1.08. The van der Waals surface area contributed by atoms with E-state index in [2.05, 4.69) is 25.6 Å². The number of nitrogens with one attached hydrogen (secondary N) is 2. The Hall–Kier alpha value is -4.13. The molecule has 1 aromatic carbocycles. The molecule has 2 N–H and O–H groups in total. The predicted molar refractivity (Wildman–Crippen MR) is 136 cm³/mol. The summed E-state index contributed by atoms with van der Waals surface area (Å²) in [5, 5.41) is 4.97. The number of nitrogens with zero attached hydrogens (tertiary/aromatic N) is 4. The van der Waals surface area contributed by atoms with Crippen molar-refractivity contribution in [3.63, 3.8) is 0 Å². The van der Waals surface area contributed by atoms with Crippen LogP contribution in [0.5, 0.6) is 17.4 Å². The molecule has 2 aromatic heterocycles. The number of benzene rings is 1. The average molecular weight is 535 g/mol. The molecule has 0 aliphatic rings. The van der Waals surface area contributed by atoms with Gasteiger partial charge in [-0.1, -0.05) is 0 Å². The van der Waals surface area contributed by atoms with Crippen LogP contribution in [0.1, 0.15) is 18.2 Å². The van der Waals surface area contributed by atoms with Gasteiger partial charge in [-0.2, -0.15) is 13.2 Å². The molecule has 204 valence electrons. The lowest BCUT2D eigenvalue weighted by Gasteiger charge is -2.16. The number of alkyl halides is 3. The molecule has 0 aliphatic heterocycles. The number of urea groups is 1. The standard InChI is InChI=1S/C25H29F3N6O4/c1-6-37-21-9-16(13-30-23(21)36-5)22-29-14-20(15(2)31-22)33-24(35)32-18-10-17(25(26,27)28)11-19(12-18)38-8-7-34(3)4/h9-14H,6-8H2,1-5H3,(H2,32,33,35). The smallest absolute Gasteiger partial charge is 0.416 e. The minimum absolute atomic E-state index is 0.0136. The van der Waals surface area contributed by atoms with Crippen LogP contribution in [-0.2, 0) is 6.18 Å². The second-order valence-corrected chi connectivity index (χ2v) is 8.33. The number of anilines is 2. The number of hydrogen-bond donors (Lipinski definition) is 2. The van der Waals surface area contributed by atoms with E-state index in [9.17, 15) is 18.0 Å². The van der Waals surface area contributed by atoms with Crippen LogP contribution < -0.4 is 24.8 Å². The highest BCUT2D eigenvalue weighted by atomic mass is 19.4. The Morgan fingerprint density at radius 3 is 2.45 bits per heavy atom. The van der Waals surface area contributed by atoms with Crippen LogP contribution >= 0.6 is 0 Å². The highest BCUT2D eigenvalue weighted by molar-refractivity contribution is 6.00. The van der Waals surface area contributed by atoms with Crippen LogP contribution in [-0.4, -0.2) is 66.8 Å². The zero-order valence-electron chi connectivity index (χ0n) is 21.6. The normalized spacial score (nSPS) is 11.3. The van der Waals surface area contributed by atoms with Gasteiger partial charge in [0.25, 0.3) is 5.88 Å². The third-order valence-corrected chi connectivity index (χ3v) is 5.10. The highest BCUT2D eigenvalue weighted by Crippen LogP contribution is 2.34. The molecule has 0 atom stereocenters. The molecule has 3 aromatic rings. The fourth-order valence-corrected chi connectivity index (χ4v) is 3.24. The fourth-order valence-electron chi connectivity index (χ4n) is 3.24. The lowest BCUT2D eigenvalue weighted by Crippen LogP contribution is -2.21. The predicted octanol–water partition coefficient (Wildman–Crippen LogP) is 4.86. The maximum Gasteiger partial charge on any atom is 0.416 e. The second-order valence-electron chi connectivity index (χ2n) is 8.33. The second kappa shape index (κ2) is 12.4. The summed E-state index contributed by atoms with van der Waals surface area (Å²) in [4.78, 5) is 27.3. The first-order valence-electron chi connectivity index (χ1n) is 11.6. The number of hydrogen-bond acceptors (Lipinski definition) is 8. The minimum Gasteiger partial charge on any atom is -0.492 e. The third kappa shape index (κ3) is 7.68. The van der Waals surface area contributed by atoms with E-state index in [1.54, 1.807) is 13.0 Å². The van der Waals surface area contributed by atoms with E-state index in [0.717, 1.165) is 12.1 Å². The van der Waals surface area contributed by atoms with Gasteiger partial charge in [0.05, 0.1) is 36.9 Å². The zero-order valence-corrected chi connectivity index (χ0v) is 21.6. The zero-order chi connectivity index (χ0) is 27.9. The first kappa shape index (κ1) is 28.4. The molecule has 0 bridgehead atoms. The van der Waals surface area contributed by atoms with Gasteiger partial charge in [-0.3, -0.25) is 0 Å². The number of aromatic nitrogens is 3. The number of halogens is 3. The van der Waals surface area contributed by atoms with Crippen molar-refractivity contribution >= 4 is 17.4 Å². The molecule has 2 heterocycles. The van der Waals surface area contributed by atoms with Crippen molar-refractivity contribution in [1.82, 2.24) is 19.9 Å². The van der Waals surface area contributed by atoms with E-state index in [0.29, 0.717) is 41.9 Å². The number of carbonyl (C=O) groups excluding carboxylic acids is 1. The molecule has 2 amide bonds. The molecule has 10 nitrogen and oxygen atoms in total. The summed E-state index contributed by atoms with van der Waals surface area (Å²) >= 11 is 0. The van der Waals surface area contributed by atoms with Crippen LogP contribution in [0.25, 0.3) is 11.4 Å². The highest BCUT2D eigenvalue weighted by Gasteiger charge is 2.31. The van der Waals surface area contributed by atoms with E-state index < -0.39 is 17.8 Å². The quantitative estimate of drug-likeness (QED) is 0.380. The van der Waals surface area contributed by atoms with E-state index in [1.165, 1.54) is 25.6 Å². The number of pyridine rings is 1. The lowest BCUT2D eigenvalue weighted by molar-refractivity contribution is -0.137. The number of rotatable bonds is 10. The molecule has 0 saturated carbocycles. The number of likely N-dealkylation sites (N-methyl/N-ethyl adjacent to an activating group) is 1. The minimum atomic E-state index is -4.62. The molecule has 13 heteroatoms. The molecule has 0 fully saturated rings. The fraction of sp³-hybridized carbons (Fsp3) is 0.360. The SMILES string of the molecule is CCOc1cc(-c2ncc(NC(=O)Nc3cc(OCCN(C)C)cc(C(F)(F)F)c3)c(C)n2)cnc1OC. The number of aryl methyl sites for hydroxylation is 1. The molecule has 0 aliphatic carbocycles. The van der Waals surface area contributed by atoms with Crippen molar-refractivity contribution < 1.29 is 32.2 Å². The molecule has 38 heavy (non-hydrogen) atoms. The van der Waals surface area contributed by atoms with E-state index in [4.69, 9.17) is 14.2 Å². The van der Waals surface area contributed by atoms with Crippen molar-refractivity contribution in [1.29, 1.82) is 0 Å². The summed E-state index contributed by atoms with van der Waals surface area (Å²) < 4.78 is 56.4. The average Bonchev–Trinajstić information content (AvgIpc) is 2.84. The largest absolute Gasteiger partial charge is 0.492 e. The van der Waals surface area contributed by atoms with Crippen molar-refractivity contribution in [3.05, 3.63) is 47.9 Å². The Labute approximate surface area is 218 Å². The number of ether oxygens (including phenoxy) is 3. The summed E-state index contributed by atoms with van der Waals surface area (Å²) in [6.07, 6.45) is -1.70. The van der Waals surface area contributed by atoms with E-state index >= 15 is 0 Å². The van der Waals surface area contributed by atoms with Gasteiger partial charge in [-0.25, -0.2) is 19.7 Å². The van der Waals surface area contributed by atoms with Crippen LogP contribution in [0, 0.1) is 6.92 Å². The maximum absolute atomic E-state index is 13.4. The van der Waals surface area contributed by atoms with E-state index in [1.807, 2.05) is 25.9 Å². The monoisotopic (exact) mass is 534 g/mol. The molecular formula is C25H29F3N6O4. The molecule has 0 radical (unpaired) electrons. The van der Waals surface area contributed by atoms with Crippen molar-refractivity contribution in [2.75, 3.05) is 51.6 Å². The van der Waals surface area contributed by atoms with Gasteiger partial charge in [-0.05, 0) is 46.1 Å². The van der Waals surface area contributed by atoms with Gasteiger partial charge in [0.1, 0.15) is 12.4 Å². The van der Waals surface area contributed by atoms with Crippen LogP contribution in [0.4, 0.5) is 29.3 Å². The Kier molecular flexibility index (Phi) is 9.29. The molecule has 0 unspecified atom stereocenters. The number of methoxy groups -OCH3 is 1.